The first-order valence-electron chi connectivity index (χ1n) is 4.70. The Morgan fingerprint density at radius 2 is 1.86 bits per heavy atom. The molecular formula is C11H18O2Si. The van der Waals surface area contributed by atoms with Crippen LogP contribution in [0.2, 0.25) is 19.6 Å². The average Bonchev–Trinajstić information content (AvgIpc) is 2.08. The van der Waals surface area contributed by atoms with E-state index in [4.69, 9.17) is 9.84 Å². The Hall–Kier alpha value is -0.743. The van der Waals surface area contributed by atoms with E-state index in [1.54, 1.807) is 0 Å². The monoisotopic (exact) mass is 210 g/mol. The summed E-state index contributed by atoms with van der Waals surface area (Å²) < 4.78 is 5.24. The van der Waals surface area contributed by atoms with Crippen LogP contribution >= 0.6 is 0 Å². The number of ether oxygens (including phenoxy) is 1. The fourth-order valence-electron chi connectivity index (χ4n) is 0.692. The van der Waals surface area contributed by atoms with Crippen molar-refractivity contribution in [2.45, 2.75) is 26.1 Å². The van der Waals surface area contributed by atoms with E-state index in [1.807, 2.05) is 0 Å². The molecule has 0 aromatic heterocycles. The van der Waals surface area contributed by atoms with E-state index in [2.05, 4.69) is 42.9 Å². The molecule has 3 heteroatoms. The van der Waals surface area contributed by atoms with E-state index in [-0.39, 0.29) is 6.61 Å². The molecule has 0 saturated carbocycles. The van der Waals surface area contributed by atoms with Gasteiger partial charge in [0.25, 0.3) is 0 Å². The van der Waals surface area contributed by atoms with E-state index in [9.17, 15) is 0 Å². The van der Waals surface area contributed by atoms with Gasteiger partial charge in [-0.3, -0.25) is 0 Å². The van der Waals surface area contributed by atoms with Gasteiger partial charge in [-0.15, -0.1) is 5.54 Å². The predicted octanol–water partition coefficient (Wildman–Crippen LogP) is 1.27. The highest BCUT2D eigenvalue weighted by Crippen LogP contribution is 1.95. The largest absolute Gasteiger partial charge is 0.384 e. The first-order chi connectivity index (χ1) is 6.56. The third-order valence-corrected chi connectivity index (χ3v) is 2.14. The molecule has 0 bridgehead atoms. The van der Waals surface area contributed by atoms with Crippen LogP contribution in [0.5, 0.6) is 0 Å². The fourth-order valence-corrected chi connectivity index (χ4v) is 1.29. The van der Waals surface area contributed by atoms with Gasteiger partial charge in [0.2, 0.25) is 0 Å². The highest BCUT2D eigenvalue weighted by molar-refractivity contribution is 6.83. The Labute approximate surface area is 87.7 Å². The Morgan fingerprint density at radius 1 is 1.14 bits per heavy atom. The van der Waals surface area contributed by atoms with Crippen LogP contribution in [0.3, 0.4) is 0 Å². The molecule has 1 N–H and O–H groups in total. The molecule has 0 saturated heterocycles. The molecular weight excluding hydrogens is 192 g/mol. The molecule has 0 aliphatic carbocycles. The van der Waals surface area contributed by atoms with E-state index in [0.29, 0.717) is 19.6 Å². The van der Waals surface area contributed by atoms with Crippen molar-refractivity contribution in [3.63, 3.8) is 0 Å². The molecule has 0 fully saturated rings. The van der Waals surface area contributed by atoms with Gasteiger partial charge in [0.15, 0.2) is 0 Å². The van der Waals surface area contributed by atoms with Gasteiger partial charge in [-0.05, 0) is 0 Å². The number of hydrogen-bond donors (Lipinski definition) is 1. The summed E-state index contributed by atoms with van der Waals surface area (Å²) in [6.45, 7) is 7.61. The Kier molecular flexibility index (Phi) is 7.24. The lowest BCUT2D eigenvalue weighted by atomic mass is 10.4. The highest BCUT2D eigenvalue weighted by atomic mass is 28.3. The van der Waals surface area contributed by atoms with Crippen LogP contribution in [-0.4, -0.2) is 33.0 Å². The molecule has 0 amide bonds. The molecule has 0 atom stereocenters. The number of aliphatic hydroxyl groups excluding tert-OH is 1. The molecule has 0 aliphatic rings. The molecule has 2 nitrogen and oxygen atoms in total. The molecule has 14 heavy (non-hydrogen) atoms. The minimum atomic E-state index is -1.24. The average molecular weight is 210 g/mol. The van der Waals surface area contributed by atoms with Crippen LogP contribution in [0.4, 0.5) is 0 Å². The molecule has 0 aromatic rings. The summed E-state index contributed by atoms with van der Waals surface area (Å²) in [6.07, 6.45) is 0.662. The van der Waals surface area contributed by atoms with Gasteiger partial charge in [-0.1, -0.05) is 37.4 Å². The van der Waals surface area contributed by atoms with E-state index >= 15 is 0 Å². The predicted molar refractivity (Wildman–Crippen MR) is 61.4 cm³/mol. The third kappa shape index (κ3) is 11.3. The first-order valence-corrected chi connectivity index (χ1v) is 8.20. The summed E-state index contributed by atoms with van der Waals surface area (Å²) in [4.78, 5) is 0. The summed E-state index contributed by atoms with van der Waals surface area (Å²) in [5.74, 6) is 8.35. The molecule has 0 aromatic carbocycles. The van der Waals surface area contributed by atoms with Gasteiger partial charge >= 0.3 is 0 Å². The van der Waals surface area contributed by atoms with E-state index in [0.717, 1.165) is 0 Å². The van der Waals surface area contributed by atoms with Crippen LogP contribution < -0.4 is 0 Å². The molecule has 0 aliphatic heterocycles. The maximum atomic E-state index is 8.36. The van der Waals surface area contributed by atoms with Crippen molar-refractivity contribution < 1.29 is 9.84 Å². The van der Waals surface area contributed by atoms with Gasteiger partial charge in [0.05, 0.1) is 6.61 Å². The van der Waals surface area contributed by atoms with Gasteiger partial charge in [0, 0.05) is 6.42 Å². The zero-order valence-electron chi connectivity index (χ0n) is 9.18. The van der Waals surface area contributed by atoms with Crippen molar-refractivity contribution in [2.24, 2.45) is 0 Å². The van der Waals surface area contributed by atoms with E-state index < -0.39 is 8.07 Å². The first kappa shape index (κ1) is 13.3. The van der Waals surface area contributed by atoms with Crippen molar-refractivity contribution in [1.82, 2.24) is 0 Å². The van der Waals surface area contributed by atoms with Crippen molar-refractivity contribution in [3.8, 4) is 23.3 Å². The van der Waals surface area contributed by atoms with Crippen molar-refractivity contribution >= 4 is 8.07 Å². The van der Waals surface area contributed by atoms with Crippen LogP contribution in [-0.2, 0) is 4.74 Å². The quantitative estimate of drug-likeness (QED) is 0.432. The lowest BCUT2D eigenvalue weighted by Gasteiger charge is -2.03. The maximum Gasteiger partial charge on any atom is 0.129 e. The minimum Gasteiger partial charge on any atom is -0.384 e. The van der Waals surface area contributed by atoms with Crippen molar-refractivity contribution in [1.29, 1.82) is 0 Å². The Balaban J connectivity index is 3.41. The molecule has 0 rings (SSSR count). The zero-order valence-corrected chi connectivity index (χ0v) is 10.2. The second kappa shape index (κ2) is 7.64. The topological polar surface area (TPSA) is 29.5 Å². The van der Waals surface area contributed by atoms with Gasteiger partial charge in [0.1, 0.15) is 21.3 Å². The van der Waals surface area contributed by atoms with E-state index in [1.165, 1.54) is 0 Å². The molecule has 0 heterocycles. The van der Waals surface area contributed by atoms with Crippen LogP contribution in [0.1, 0.15) is 6.42 Å². The maximum absolute atomic E-state index is 8.36. The van der Waals surface area contributed by atoms with Crippen molar-refractivity contribution in [3.05, 3.63) is 0 Å². The second-order valence-corrected chi connectivity index (χ2v) is 8.62. The van der Waals surface area contributed by atoms with Gasteiger partial charge < -0.3 is 9.84 Å². The highest BCUT2D eigenvalue weighted by Gasteiger charge is 2.06. The smallest absolute Gasteiger partial charge is 0.129 e. The SMILES string of the molecule is C[Si](C)(C)C#CCOCCC#CCO. The number of hydrogen-bond acceptors (Lipinski definition) is 2. The lowest BCUT2D eigenvalue weighted by Crippen LogP contribution is -2.16. The zero-order chi connectivity index (χ0) is 10.9. The number of rotatable bonds is 3. The lowest BCUT2D eigenvalue weighted by molar-refractivity contribution is 0.174. The molecule has 78 valence electrons. The molecule has 0 spiro atoms. The van der Waals surface area contributed by atoms with Crippen LogP contribution in [0, 0.1) is 23.3 Å². The summed E-state index contributed by atoms with van der Waals surface area (Å²) in [6, 6.07) is 0. The van der Waals surface area contributed by atoms with Crippen LogP contribution in [0.25, 0.3) is 0 Å². The van der Waals surface area contributed by atoms with Gasteiger partial charge in [-0.2, -0.15) is 0 Å². The third-order valence-electron chi connectivity index (χ3n) is 1.21. The fraction of sp³-hybridized carbons (Fsp3) is 0.636. The summed E-state index contributed by atoms with van der Waals surface area (Å²) in [7, 11) is -1.24. The molecule has 0 unspecified atom stereocenters. The normalized spacial score (nSPS) is 9.71. The summed E-state index contributed by atoms with van der Waals surface area (Å²) in [5, 5.41) is 8.36. The van der Waals surface area contributed by atoms with Gasteiger partial charge in [-0.25, -0.2) is 0 Å². The summed E-state index contributed by atoms with van der Waals surface area (Å²) in [5.41, 5.74) is 3.21. The van der Waals surface area contributed by atoms with Crippen LogP contribution in [0.15, 0.2) is 0 Å². The molecule has 0 radical (unpaired) electrons. The second-order valence-electron chi connectivity index (χ2n) is 3.87. The summed E-state index contributed by atoms with van der Waals surface area (Å²) >= 11 is 0. The Bertz CT molecular complexity index is 257. The number of aliphatic hydroxyl groups is 1. The van der Waals surface area contributed by atoms with Crippen molar-refractivity contribution in [2.75, 3.05) is 19.8 Å². The minimum absolute atomic E-state index is 0.0740. The Morgan fingerprint density at radius 3 is 2.43 bits per heavy atom. The standard InChI is InChI=1S/C11H18O2Si/c1-14(2,3)11-7-10-13-9-6-4-5-8-12/h12H,6,8-10H2,1-3H3.